The molecule has 1 aliphatic rings. The smallest absolute Gasteiger partial charge is 0.407 e. The minimum atomic E-state index is -0.448. The fourth-order valence-corrected chi connectivity index (χ4v) is 5.70. The van der Waals surface area contributed by atoms with Gasteiger partial charge in [0, 0.05) is 12.5 Å². The minimum Gasteiger partial charge on any atom is -0.442 e. The third-order valence-electron chi connectivity index (χ3n) is 6.99. The van der Waals surface area contributed by atoms with Gasteiger partial charge in [-0.3, -0.25) is 9.59 Å². The van der Waals surface area contributed by atoms with Crippen LogP contribution in [0.1, 0.15) is 69.6 Å². The Balaban J connectivity index is 1.16. The van der Waals surface area contributed by atoms with E-state index in [0.29, 0.717) is 10.9 Å². The monoisotopic (exact) mass is 631 g/mol. The maximum atomic E-state index is 12.8. The van der Waals surface area contributed by atoms with Crippen LogP contribution in [0.25, 0.3) is 0 Å². The second-order valence-electron chi connectivity index (χ2n) is 11.5. The van der Waals surface area contributed by atoms with Crippen molar-refractivity contribution in [3.05, 3.63) is 82.0 Å². The first kappa shape index (κ1) is 33.4. The summed E-state index contributed by atoms with van der Waals surface area (Å²) >= 11 is 1.37. The lowest BCUT2D eigenvalue weighted by atomic mass is 9.88. The molecule has 0 bridgehead atoms. The molecule has 0 saturated heterocycles. The van der Waals surface area contributed by atoms with E-state index in [2.05, 4.69) is 49.3 Å². The number of ether oxygens (including phenoxy) is 1. The van der Waals surface area contributed by atoms with Crippen molar-refractivity contribution in [1.82, 2.24) is 25.7 Å². The number of hydrogen-bond donors (Lipinski definition) is 3. The first-order valence-electron chi connectivity index (χ1n) is 15.3. The number of aromatic nitrogens is 4. The SMILES string of the molecule is CC1C=C(CC(=O)Nc2nnc(CCCCc3ccc(NC(=O)Cc4ccccc4)nn3)s2)C=C(C(C)OC(=O)NC(C)C)C1. The lowest BCUT2D eigenvalue weighted by molar-refractivity contribution is -0.116. The van der Waals surface area contributed by atoms with E-state index < -0.39 is 6.09 Å². The van der Waals surface area contributed by atoms with Gasteiger partial charge in [0.25, 0.3) is 0 Å². The second kappa shape index (κ2) is 16.6. The number of rotatable bonds is 14. The molecule has 0 radical (unpaired) electrons. The predicted octanol–water partition coefficient (Wildman–Crippen LogP) is 5.82. The van der Waals surface area contributed by atoms with Gasteiger partial charge in [0.2, 0.25) is 16.9 Å². The van der Waals surface area contributed by atoms with Crippen molar-refractivity contribution in [2.24, 2.45) is 5.92 Å². The van der Waals surface area contributed by atoms with Crippen LogP contribution in [0.5, 0.6) is 0 Å². The number of aryl methyl sites for hydroxylation is 2. The number of carbonyl (C=O) groups is 3. The average Bonchev–Trinajstić information content (AvgIpc) is 3.42. The molecule has 3 amide bonds. The van der Waals surface area contributed by atoms with Gasteiger partial charge in [0.1, 0.15) is 11.1 Å². The Labute approximate surface area is 268 Å². The summed E-state index contributed by atoms with van der Waals surface area (Å²) in [6, 6.07) is 13.2. The summed E-state index contributed by atoms with van der Waals surface area (Å²) in [4.78, 5) is 37.0. The van der Waals surface area contributed by atoms with Crippen LogP contribution in [0.3, 0.4) is 0 Å². The van der Waals surface area contributed by atoms with Gasteiger partial charge in [-0.15, -0.1) is 15.3 Å². The number of carbonyl (C=O) groups excluding carboxylic acids is 3. The normalized spacial score (nSPS) is 15.1. The summed E-state index contributed by atoms with van der Waals surface area (Å²) in [5, 5.41) is 26.5. The van der Waals surface area contributed by atoms with Gasteiger partial charge in [0.05, 0.1) is 18.5 Å². The number of unbranched alkanes of at least 4 members (excludes halogenated alkanes) is 1. The Hall–Kier alpha value is -4.45. The van der Waals surface area contributed by atoms with Gasteiger partial charge >= 0.3 is 6.09 Å². The Morgan fingerprint density at radius 2 is 1.67 bits per heavy atom. The van der Waals surface area contributed by atoms with Crippen molar-refractivity contribution >= 4 is 40.2 Å². The first-order valence-corrected chi connectivity index (χ1v) is 16.1. The molecule has 238 valence electrons. The van der Waals surface area contributed by atoms with Crippen molar-refractivity contribution in [1.29, 1.82) is 0 Å². The number of benzene rings is 1. The molecule has 2 atom stereocenters. The van der Waals surface area contributed by atoms with Crippen LogP contribution < -0.4 is 16.0 Å². The molecule has 45 heavy (non-hydrogen) atoms. The standard InChI is InChI=1S/C33H41N7O4S/c1-21(2)34-33(43)44-23(4)26-17-22(3)16-25(18-26)20-30(42)36-32-40-39-31(45-32)13-9-8-12-27-14-15-28(38-37-27)35-29(41)19-24-10-6-5-7-11-24/h5-7,10-11,14-16,18,21-23H,8-9,12-13,17,19-20H2,1-4H3,(H,34,43)(H,35,38,41)(H,36,40,42). The lowest BCUT2D eigenvalue weighted by Crippen LogP contribution is -2.33. The second-order valence-corrected chi connectivity index (χ2v) is 12.6. The maximum absolute atomic E-state index is 12.8. The number of hydrogen-bond acceptors (Lipinski definition) is 9. The van der Waals surface area contributed by atoms with Crippen molar-refractivity contribution in [2.75, 3.05) is 10.6 Å². The van der Waals surface area contributed by atoms with Gasteiger partial charge < -0.3 is 20.7 Å². The van der Waals surface area contributed by atoms with E-state index in [1.54, 1.807) is 6.07 Å². The van der Waals surface area contributed by atoms with Crippen LogP contribution in [0, 0.1) is 5.92 Å². The van der Waals surface area contributed by atoms with E-state index in [0.717, 1.165) is 59.5 Å². The quantitative estimate of drug-likeness (QED) is 0.189. The summed E-state index contributed by atoms with van der Waals surface area (Å²) in [7, 11) is 0. The molecule has 0 fully saturated rings. The maximum Gasteiger partial charge on any atom is 0.407 e. The van der Waals surface area contributed by atoms with Gasteiger partial charge in [-0.1, -0.05) is 60.7 Å². The largest absolute Gasteiger partial charge is 0.442 e. The number of amides is 3. The third kappa shape index (κ3) is 11.5. The number of nitrogens with one attached hydrogen (secondary N) is 3. The molecule has 0 aliphatic heterocycles. The van der Waals surface area contributed by atoms with E-state index in [1.165, 1.54) is 11.3 Å². The van der Waals surface area contributed by atoms with Crippen LogP contribution in [-0.4, -0.2) is 50.4 Å². The van der Waals surface area contributed by atoms with Crippen LogP contribution in [0.4, 0.5) is 15.7 Å². The topological polar surface area (TPSA) is 148 Å². The summed E-state index contributed by atoms with van der Waals surface area (Å²) in [5.41, 5.74) is 3.66. The van der Waals surface area contributed by atoms with Gasteiger partial charge in [-0.25, -0.2) is 4.79 Å². The highest BCUT2D eigenvalue weighted by molar-refractivity contribution is 7.15. The van der Waals surface area contributed by atoms with Crippen molar-refractivity contribution < 1.29 is 19.1 Å². The summed E-state index contributed by atoms with van der Waals surface area (Å²) < 4.78 is 5.52. The van der Waals surface area contributed by atoms with Gasteiger partial charge in [-0.05, 0) is 81.2 Å². The van der Waals surface area contributed by atoms with E-state index in [-0.39, 0.29) is 42.7 Å². The molecular weight excluding hydrogens is 590 g/mol. The van der Waals surface area contributed by atoms with E-state index >= 15 is 0 Å². The summed E-state index contributed by atoms with van der Waals surface area (Å²) in [5.74, 6) is 0.364. The fourth-order valence-electron chi connectivity index (χ4n) is 4.91. The highest BCUT2D eigenvalue weighted by atomic mass is 32.1. The summed E-state index contributed by atoms with van der Waals surface area (Å²) in [6.45, 7) is 7.69. The third-order valence-corrected chi connectivity index (χ3v) is 7.88. The molecule has 3 aromatic rings. The Morgan fingerprint density at radius 1 is 0.911 bits per heavy atom. The lowest BCUT2D eigenvalue weighted by Gasteiger charge is -2.24. The molecule has 4 rings (SSSR count). The zero-order valence-electron chi connectivity index (χ0n) is 26.2. The first-order chi connectivity index (χ1) is 21.6. The van der Waals surface area contributed by atoms with Gasteiger partial charge in [0.15, 0.2) is 5.82 Å². The molecule has 1 aliphatic carbocycles. The molecular formula is C33H41N7O4S. The van der Waals surface area contributed by atoms with Crippen molar-refractivity contribution in [2.45, 2.75) is 84.8 Å². The molecule has 11 nitrogen and oxygen atoms in total. The number of allylic oxidation sites excluding steroid dienone is 2. The fraction of sp³-hybridized carbons (Fsp3) is 0.424. The number of anilines is 2. The molecule has 2 aromatic heterocycles. The van der Waals surface area contributed by atoms with Crippen LogP contribution in [0.2, 0.25) is 0 Å². The molecule has 2 heterocycles. The zero-order chi connectivity index (χ0) is 32.2. The Morgan fingerprint density at radius 3 is 2.40 bits per heavy atom. The van der Waals surface area contributed by atoms with Crippen LogP contribution >= 0.6 is 11.3 Å². The number of alkyl carbamates (subject to hydrolysis) is 1. The van der Waals surface area contributed by atoms with Crippen LogP contribution in [-0.2, 0) is 33.6 Å². The van der Waals surface area contributed by atoms with Crippen molar-refractivity contribution in [3.63, 3.8) is 0 Å². The summed E-state index contributed by atoms with van der Waals surface area (Å²) in [6.07, 6.45) is 7.72. The molecule has 2 unspecified atom stereocenters. The molecule has 0 saturated carbocycles. The minimum absolute atomic E-state index is 0.00410. The van der Waals surface area contributed by atoms with E-state index in [4.69, 9.17) is 4.74 Å². The molecule has 3 N–H and O–H groups in total. The Kier molecular flexibility index (Phi) is 12.3. The van der Waals surface area contributed by atoms with E-state index in [9.17, 15) is 14.4 Å². The zero-order valence-corrected chi connectivity index (χ0v) is 27.0. The van der Waals surface area contributed by atoms with Gasteiger partial charge in [-0.2, -0.15) is 5.10 Å². The molecule has 12 heteroatoms. The Bertz CT molecular complexity index is 1500. The average molecular weight is 632 g/mol. The predicted molar refractivity (Wildman–Crippen MR) is 175 cm³/mol. The molecule has 0 spiro atoms. The van der Waals surface area contributed by atoms with E-state index in [1.807, 2.05) is 63.2 Å². The number of nitrogens with zero attached hydrogens (tertiary/aromatic N) is 4. The highest BCUT2D eigenvalue weighted by Crippen LogP contribution is 2.28. The molecule has 1 aromatic carbocycles. The highest BCUT2D eigenvalue weighted by Gasteiger charge is 2.21. The van der Waals surface area contributed by atoms with Crippen molar-refractivity contribution in [3.8, 4) is 0 Å². The van der Waals surface area contributed by atoms with Crippen LogP contribution in [0.15, 0.2) is 65.8 Å².